The Balaban J connectivity index is 1.49. The number of rotatable bonds is 5. The minimum absolute atomic E-state index is 0.0311. The van der Waals surface area contributed by atoms with E-state index in [0.717, 1.165) is 45.4 Å². The summed E-state index contributed by atoms with van der Waals surface area (Å²) in [4.78, 5) is 14.7. The van der Waals surface area contributed by atoms with Crippen LogP contribution in [0, 0.1) is 5.92 Å². The number of hydrogen-bond acceptors (Lipinski definition) is 4. The Bertz CT molecular complexity index is 1170. The second-order valence-electron chi connectivity index (χ2n) is 9.73. The minimum atomic E-state index is -0.432. The van der Waals surface area contributed by atoms with E-state index in [1.165, 1.54) is 37.7 Å². The van der Waals surface area contributed by atoms with Crippen LogP contribution >= 0.6 is 46.1 Å². The van der Waals surface area contributed by atoms with Gasteiger partial charge in [-0.05, 0) is 92.5 Å². The van der Waals surface area contributed by atoms with Crippen LogP contribution in [-0.4, -0.2) is 18.0 Å². The van der Waals surface area contributed by atoms with Crippen molar-refractivity contribution in [2.45, 2.75) is 70.4 Å². The summed E-state index contributed by atoms with van der Waals surface area (Å²) in [6, 6.07) is 9.15. The highest BCUT2D eigenvalue weighted by molar-refractivity contribution is 7.17. The molecule has 5 rings (SSSR count). The first-order valence-corrected chi connectivity index (χ1v) is 14.4. The quantitative estimate of drug-likeness (QED) is 0.396. The molecule has 0 bridgehead atoms. The van der Waals surface area contributed by atoms with Crippen molar-refractivity contribution in [3.8, 4) is 0 Å². The third-order valence-electron chi connectivity index (χ3n) is 7.38. The number of amides is 1. The van der Waals surface area contributed by atoms with Gasteiger partial charge >= 0.3 is 0 Å². The fourth-order valence-corrected chi connectivity index (χ4v) is 7.12. The lowest BCUT2D eigenvalue weighted by Gasteiger charge is -2.29. The third kappa shape index (κ3) is 5.45. The zero-order chi connectivity index (χ0) is 24.5. The van der Waals surface area contributed by atoms with Gasteiger partial charge in [0.15, 0.2) is 0 Å². The van der Waals surface area contributed by atoms with Crippen molar-refractivity contribution >= 4 is 63.8 Å². The molecule has 1 saturated carbocycles. The molecule has 1 aromatic carbocycles. The number of hydrogen-bond donors (Lipinski definition) is 2. The largest absolute Gasteiger partial charge is 0.352 e. The van der Waals surface area contributed by atoms with Crippen molar-refractivity contribution in [2.75, 3.05) is 5.01 Å². The highest BCUT2D eigenvalue weighted by atomic mass is 35.5. The van der Waals surface area contributed by atoms with Crippen molar-refractivity contribution in [3.63, 3.8) is 0 Å². The van der Waals surface area contributed by atoms with E-state index in [-0.39, 0.29) is 11.9 Å². The van der Waals surface area contributed by atoms with E-state index in [9.17, 15) is 4.79 Å². The van der Waals surface area contributed by atoms with Crippen LogP contribution in [0.15, 0.2) is 47.2 Å². The molecule has 3 aliphatic rings. The molecule has 186 valence electrons. The van der Waals surface area contributed by atoms with Crippen molar-refractivity contribution < 1.29 is 4.79 Å². The van der Waals surface area contributed by atoms with Crippen LogP contribution in [0.3, 0.4) is 0 Å². The van der Waals surface area contributed by atoms with Gasteiger partial charge in [0.25, 0.3) is 0 Å². The number of benzene rings is 1. The molecule has 1 aromatic heterocycles. The maximum absolute atomic E-state index is 13.6. The number of hydrazine groups is 1. The van der Waals surface area contributed by atoms with E-state index in [4.69, 9.17) is 34.8 Å². The summed E-state index contributed by atoms with van der Waals surface area (Å²) in [6.45, 7) is 2.15. The molecule has 35 heavy (non-hydrogen) atoms. The van der Waals surface area contributed by atoms with Gasteiger partial charge in [0.2, 0.25) is 5.91 Å². The van der Waals surface area contributed by atoms with E-state index >= 15 is 0 Å². The molecule has 2 heterocycles. The summed E-state index contributed by atoms with van der Waals surface area (Å²) in [5, 5.41) is 6.45. The first-order valence-electron chi connectivity index (χ1n) is 12.4. The van der Waals surface area contributed by atoms with E-state index in [1.54, 1.807) is 17.4 Å². The Labute approximate surface area is 226 Å². The molecular formula is C27H30Cl3N3OS. The zero-order valence-corrected chi connectivity index (χ0v) is 22.8. The standard InChI is InChI=1S/C27H30Cl3N3OS/c1-16(17-6-3-2-4-7-17)31-27(34)25-21-9-5-8-18(14-20-11-13-24(30)35-20)26(21)33(32-25)23-12-10-19(28)15-22(23)29/h10-17,25,32H,2-9H2,1H3,(H,31,34)/b18-14+/t16-,25?/m1/s1. The molecule has 1 unspecified atom stereocenters. The lowest BCUT2D eigenvalue weighted by molar-refractivity contribution is -0.123. The number of carbonyl (C=O) groups is 1. The molecule has 1 fully saturated rings. The van der Waals surface area contributed by atoms with Crippen molar-refractivity contribution in [3.05, 3.63) is 66.4 Å². The normalized spacial score (nSPS) is 23.0. The van der Waals surface area contributed by atoms with Crippen LogP contribution in [0.25, 0.3) is 6.08 Å². The highest BCUT2D eigenvalue weighted by Crippen LogP contribution is 2.43. The minimum Gasteiger partial charge on any atom is -0.352 e. The monoisotopic (exact) mass is 549 g/mol. The fraction of sp³-hybridized carbons (Fsp3) is 0.444. The first-order chi connectivity index (χ1) is 16.9. The first kappa shape index (κ1) is 25.2. The van der Waals surface area contributed by atoms with Crippen molar-refractivity contribution in [1.82, 2.24) is 10.7 Å². The molecule has 0 saturated heterocycles. The smallest absolute Gasteiger partial charge is 0.243 e. The maximum Gasteiger partial charge on any atom is 0.243 e. The SMILES string of the molecule is C[C@@H](NC(=O)C1NN(c2ccc(Cl)cc2Cl)C2=C1CCC/C2=C\c1ccc(Cl)s1)C1CCCCC1. The third-order valence-corrected chi connectivity index (χ3v) is 9.10. The van der Waals surface area contributed by atoms with Crippen molar-refractivity contribution in [1.29, 1.82) is 0 Å². The Morgan fingerprint density at radius 2 is 1.91 bits per heavy atom. The fourth-order valence-electron chi connectivity index (χ4n) is 5.60. The van der Waals surface area contributed by atoms with E-state index in [1.807, 2.05) is 29.3 Å². The Morgan fingerprint density at radius 3 is 2.63 bits per heavy atom. The Kier molecular flexibility index (Phi) is 7.81. The average Bonchev–Trinajstić information content (AvgIpc) is 3.43. The van der Waals surface area contributed by atoms with Crippen LogP contribution in [0.1, 0.15) is 63.2 Å². The van der Waals surface area contributed by atoms with Crippen molar-refractivity contribution in [2.24, 2.45) is 5.92 Å². The molecule has 1 amide bonds. The molecular weight excluding hydrogens is 521 g/mol. The van der Waals surface area contributed by atoms with Gasteiger partial charge in [-0.25, -0.2) is 5.43 Å². The molecule has 1 aliphatic heterocycles. The van der Waals surface area contributed by atoms with Crippen LogP contribution in [-0.2, 0) is 4.79 Å². The van der Waals surface area contributed by atoms with Gasteiger partial charge in [0.1, 0.15) is 6.04 Å². The number of thiophene rings is 1. The molecule has 8 heteroatoms. The predicted octanol–water partition coefficient (Wildman–Crippen LogP) is 8.01. The van der Waals surface area contributed by atoms with E-state index in [2.05, 4.69) is 23.7 Å². The summed E-state index contributed by atoms with van der Waals surface area (Å²) >= 11 is 20.6. The van der Waals surface area contributed by atoms with Crippen LogP contribution in [0.5, 0.6) is 0 Å². The van der Waals surface area contributed by atoms with Gasteiger partial charge < -0.3 is 5.32 Å². The molecule has 2 aliphatic carbocycles. The highest BCUT2D eigenvalue weighted by Gasteiger charge is 2.40. The summed E-state index contributed by atoms with van der Waals surface area (Å²) in [7, 11) is 0. The van der Waals surface area contributed by atoms with Gasteiger partial charge in [-0.2, -0.15) is 0 Å². The predicted molar refractivity (Wildman–Crippen MR) is 148 cm³/mol. The lowest BCUT2D eigenvalue weighted by atomic mass is 9.84. The Hall–Kier alpha value is -1.50. The topological polar surface area (TPSA) is 44.4 Å². The zero-order valence-electron chi connectivity index (χ0n) is 19.8. The van der Waals surface area contributed by atoms with E-state index < -0.39 is 6.04 Å². The van der Waals surface area contributed by atoms with E-state index in [0.29, 0.717) is 16.0 Å². The molecule has 0 spiro atoms. The van der Waals surface area contributed by atoms with Crippen LogP contribution in [0.4, 0.5) is 5.69 Å². The maximum atomic E-state index is 13.6. The molecule has 2 N–H and O–H groups in total. The Morgan fingerprint density at radius 1 is 1.11 bits per heavy atom. The second-order valence-corrected chi connectivity index (χ2v) is 12.3. The van der Waals surface area contributed by atoms with Crippen LogP contribution < -0.4 is 15.8 Å². The van der Waals surface area contributed by atoms with Crippen LogP contribution in [0.2, 0.25) is 14.4 Å². The average molecular weight is 551 g/mol. The second kappa shape index (κ2) is 10.9. The summed E-state index contributed by atoms with van der Waals surface area (Å²) in [5.41, 5.74) is 7.62. The number of anilines is 1. The van der Waals surface area contributed by atoms with Gasteiger partial charge in [-0.1, -0.05) is 54.1 Å². The molecule has 0 radical (unpaired) electrons. The number of halogens is 3. The van der Waals surface area contributed by atoms with Gasteiger partial charge in [0.05, 0.1) is 20.7 Å². The van der Waals surface area contributed by atoms with Gasteiger partial charge in [-0.3, -0.25) is 9.80 Å². The molecule has 2 atom stereocenters. The van der Waals surface area contributed by atoms with Gasteiger partial charge in [-0.15, -0.1) is 11.3 Å². The summed E-state index contributed by atoms with van der Waals surface area (Å²) < 4.78 is 0.762. The van der Waals surface area contributed by atoms with Gasteiger partial charge in [0, 0.05) is 15.9 Å². The lowest BCUT2D eigenvalue weighted by Crippen LogP contribution is -2.50. The summed E-state index contributed by atoms with van der Waals surface area (Å²) in [6.07, 6.45) is 11.2. The number of allylic oxidation sites excluding steroid dienone is 1. The number of nitrogens with zero attached hydrogens (tertiary/aromatic N) is 1. The summed E-state index contributed by atoms with van der Waals surface area (Å²) in [5.74, 6) is 0.582. The number of nitrogens with one attached hydrogen (secondary N) is 2. The molecule has 4 nitrogen and oxygen atoms in total. The number of carbonyl (C=O) groups excluding carboxylic acids is 1. The molecule has 2 aromatic rings.